The molecular weight excluding hydrogens is 336 g/mol. The zero-order chi connectivity index (χ0) is 17.5. The van der Waals surface area contributed by atoms with Crippen LogP contribution in [0.4, 0.5) is 0 Å². The van der Waals surface area contributed by atoms with Crippen molar-refractivity contribution in [2.24, 2.45) is 0 Å². The van der Waals surface area contributed by atoms with Crippen molar-refractivity contribution in [3.8, 4) is 0 Å². The first kappa shape index (κ1) is 18.1. The molecule has 5 nitrogen and oxygen atoms in total. The number of hydrogen-bond acceptors (Lipinski definition) is 4. The van der Waals surface area contributed by atoms with Crippen molar-refractivity contribution in [3.05, 3.63) is 65.7 Å². The minimum absolute atomic E-state index is 0.358. The Labute approximate surface area is 149 Å². The molecule has 0 amide bonds. The van der Waals surface area contributed by atoms with Crippen LogP contribution in [-0.2, 0) is 27.7 Å². The van der Waals surface area contributed by atoms with Crippen molar-refractivity contribution < 1.29 is 13.2 Å². The Hall–Kier alpha value is -1.73. The van der Waals surface area contributed by atoms with Crippen molar-refractivity contribution in [3.63, 3.8) is 0 Å². The highest BCUT2D eigenvalue weighted by Gasteiger charge is 2.26. The number of morpholine rings is 1. The summed E-state index contributed by atoms with van der Waals surface area (Å²) in [5.74, 6) is 0. The normalized spacial score (nSPS) is 16.0. The SMILES string of the molecule is O=S(=O)(c1cccc(CNCCc2ccccc2)c1)N1CCOCC1. The first-order valence-corrected chi connectivity index (χ1v) is 10.0. The van der Waals surface area contributed by atoms with Crippen molar-refractivity contribution in [1.82, 2.24) is 9.62 Å². The maximum Gasteiger partial charge on any atom is 0.243 e. The van der Waals surface area contributed by atoms with Gasteiger partial charge >= 0.3 is 0 Å². The molecule has 0 aromatic heterocycles. The Morgan fingerprint density at radius 3 is 2.44 bits per heavy atom. The van der Waals surface area contributed by atoms with Gasteiger partial charge in [0.25, 0.3) is 0 Å². The maximum atomic E-state index is 12.7. The lowest BCUT2D eigenvalue weighted by Gasteiger charge is -2.26. The summed E-state index contributed by atoms with van der Waals surface area (Å²) in [6.45, 7) is 3.26. The standard InChI is InChI=1S/C19H24N2O3S/c22-25(23,21-11-13-24-14-12-21)19-8-4-7-18(15-19)16-20-10-9-17-5-2-1-3-6-17/h1-8,15,20H,9-14,16H2. The topological polar surface area (TPSA) is 58.6 Å². The minimum atomic E-state index is -3.43. The molecule has 25 heavy (non-hydrogen) atoms. The first-order chi connectivity index (χ1) is 12.2. The molecule has 2 aromatic carbocycles. The molecule has 0 atom stereocenters. The molecule has 0 bridgehead atoms. The van der Waals surface area contributed by atoms with Gasteiger partial charge in [-0.15, -0.1) is 0 Å². The molecule has 0 radical (unpaired) electrons. The van der Waals surface area contributed by atoms with Gasteiger partial charge in [-0.25, -0.2) is 8.42 Å². The molecule has 2 aromatic rings. The number of nitrogens with one attached hydrogen (secondary N) is 1. The largest absolute Gasteiger partial charge is 0.379 e. The van der Waals surface area contributed by atoms with E-state index in [2.05, 4.69) is 17.4 Å². The molecule has 1 fully saturated rings. The summed E-state index contributed by atoms with van der Waals surface area (Å²) in [6.07, 6.45) is 0.951. The maximum absolute atomic E-state index is 12.7. The summed E-state index contributed by atoms with van der Waals surface area (Å²) >= 11 is 0. The zero-order valence-electron chi connectivity index (χ0n) is 14.2. The highest BCUT2D eigenvalue weighted by Crippen LogP contribution is 2.18. The average Bonchev–Trinajstić information content (AvgIpc) is 2.67. The fraction of sp³-hybridized carbons (Fsp3) is 0.368. The third kappa shape index (κ3) is 4.89. The Kier molecular flexibility index (Phi) is 6.20. The number of nitrogens with zero attached hydrogens (tertiary/aromatic N) is 1. The monoisotopic (exact) mass is 360 g/mol. The van der Waals surface area contributed by atoms with E-state index in [1.165, 1.54) is 9.87 Å². The van der Waals surface area contributed by atoms with Crippen LogP contribution >= 0.6 is 0 Å². The van der Waals surface area contributed by atoms with Crippen LogP contribution in [0.3, 0.4) is 0 Å². The van der Waals surface area contributed by atoms with Gasteiger partial charge in [-0.2, -0.15) is 4.31 Å². The van der Waals surface area contributed by atoms with E-state index in [4.69, 9.17) is 4.74 Å². The second-order valence-corrected chi connectivity index (χ2v) is 8.01. The van der Waals surface area contributed by atoms with E-state index in [-0.39, 0.29) is 0 Å². The first-order valence-electron chi connectivity index (χ1n) is 8.58. The van der Waals surface area contributed by atoms with Gasteiger partial charge in [0.05, 0.1) is 18.1 Å². The molecule has 6 heteroatoms. The molecule has 0 saturated carbocycles. The summed E-state index contributed by atoms with van der Waals surface area (Å²) in [5.41, 5.74) is 2.26. The Balaban J connectivity index is 1.57. The van der Waals surface area contributed by atoms with E-state index >= 15 is 0 Å². The van der Waals surface area contributed by atoms with E-state index in [1.807, 2.05) is 30.3 Å². The molecule has 1 N–H and O–H groups in total. The second-order valence-electron chi connectivity index (χ2n) is 6.08. The van der Waals surface area contributed by atoms with Gasteiger partial charge in [-0.05, 0) is 36.2 Å². The average molecular weight is 360 g/mol. The van der Waals surface area contributed by atoms with Crippen LogP contribution in [0.15, 0.2) is 59.5 Å². The molecule has 0 aliphatic carbocycles. The molecule has 1 aliphatic rings. The van der Waals surface area contributed by atoms with Crippen LogP contribution in [0.5, 0.6) is 0 Å². The highest BCUT2D eigenvalue weighted by molar-refractivity contribution is 7.89. The number of sulfonamides is 1. The van der Waals surface area contributed by atoms with Crippen molar-refractivity contribution in [2.45, 2.75) is 17.9 Å². The summed E-state index contributed by atoms with van der Waals surface area (Å²) in [5, 5.41) is 3.38. The van der Waals surface area contributed by atoms with Crippen LogP contribution in [0, 0.1) is 0 Å². The summed E-state index contributed by atoms with van der Waals surface area (Å²) in [7, 11) is -3.43. The molecule has 134 valence electrons. The van der Waals surface area contributed by atoms with Gasteiger partial charge < -0.3 is 10.1 Å². The van der Waals surface area contributed by atoms with Crippen LogP contribution in [0.2, 0.25) is 0 Å². The molecule has 1 saturated heterocycles. The number of rotatable bonds is 7. The summed E-state index contributed by atoms with van der Waals surface area (Å²) in [4.78, 5) is 0.358. The lowest BCUT2D eigenvalue weighted by molar-refractivity contribution is 0.0730. The molecule has 0 spiro atoms. The Morgan fingerprint density at radius 1 is 0.960 bits per heavy atom. The molecule has 3 rings (SSSR count). The van der Waals surface area contributed by atoms with E-state index in [9.17, 15) is 8.42 Å². The van der Waals surface area contributed by atoms with Gasteiger partial charge in [0.2, 0.25) is 10.0 Å². The van der Waals surface area contributed by atoms with Gasteiger partial charge in [-0.1, -0.05) is 42.5 Å². The van der Waals surface area contributed by atoms with Crippen molar-refractivity contribution in [2.75, 3.05) is 32.8 Å². The second kappa shape index (κ2) is 8.58. The number of ether oxygens (including phenoxy) is 1. The van der Waals surface area contributed by atoms with E-state index in [0.717, 1.165) is 18.5 Å². The quantitative estimate of drug-likeness (QED) is 0.768. The van der Waals surface area contributed by atoms with E-state index in [1.54, 1.807) is 12.1 Å². The van der Waals surface area contributed by atoms with E-state index in [0.29, 0.717) is 37.7 Å². The van der Waals surface area contributed by atoms with Crippen LogP contribution in [0.1, 0.15) is 11.1 Å². The molecule has 1 aliphatic heterocycles. The van der Waals surface area contributed by atoms with Gasteiger partial charge in [0, 0.05) is 19.6 Å². The van der Waals surface area contributed by atoms with Gasteiger partial charge in [0.15, 0.2) is 0 Å². The highest BCUT2D eigenvalue weighted by atomic mass is 32.2. The third-order valence-corrected chi connectivity index (χ3v) is 6.16. The minimum Gasteiger partial charge on any atom is -0.379 e. The Bertz CT molecular complexity index is 772. The predicted octanol–water partition coefficient (Wildman–Crippen LogP) is 2.04. The van der Waals surface area contributed by atoms with Gasteiger partial charge in [-0.3, -0.25) is 0 Å². The predicted molar refractivity (Wildman–Crippen MR) is 97.9 cm³/mol. The van der Waals surface area contributed by atoms with Crippen LogP contribution in [0.25, 0.3) is 0 Å². The summed E-state index contributed by atoms with van der Waals surface area (Å²) < 4.78 is 32.1. The number of hydrogen-bond donors (Lipinski definition) is 1. The summed E-state index contributed by atoms with van der Waals surface area (Å²) in [6, 6.07) is 17.5. The fourth-order valence-corrected chi connectivity index (χ4v) is 4.34. The van der Waals surface area contributed by atoms with Gasteiger partial charge in [0.1, 0.15) is 0 Å². The Morgan fingerprint density at radius 2 is 1.68 bits per heavy atom. The fourth-order valence-electron chi connectivity index (χ4n) is 2.86. The van der Waals surface area contributed by atoms with Crippen molar-refractivity contribution in [1.29, 1.82) is 0 Å². The van der Waals surface area contributed by atoms with E-state index < -0.39 is 10.0 Å². The lowest BCUT2D eigenvalue weighted by Crippen LogP contribution is -2.40. The smallest absolute Gasteiger partial charge is 0.243 e. The molecule has 1 heterocycles. The zero-order valence-corrected chi connectivity index (χ0v) is 15.0. The van der Waals surface area contributed by atoms with Crippen LogP contribution in [-0.4, -0.2) is 45.6 Å². The lowest BCUT2D eigenvalue weighted by atomic mass is 10.1. The molecule has 0 unspecified atom stereocenters. The molecular formula is C19H24N2O3S. The van der Waals surface area contributed by atoms with Crippen LogP contribution < -0.4 is 5.32 Å². The van der Waals surface area contributed by atoms with Crippen molar-refractivity contribution >= 4 is 10.0 Å². The third-order valence-electron chi connectivity index (χ3n) is 4.27. The number of benzene rings is 2.